The molecule has 0 N–H and O–H groups in total. The monoisotopic (exact) mass is 239 g/mol. The van der Waals surface area contributed by atoms with E-state index in [9.17, 15) is 4.79 Å². The quantitative estimate of drug-likeness (QED) is 0.773. The summed E-state index contributed by atoms with van der Waals surface area (Å²) in [6.07, 6.45) is 5.62. The van der Waals surface area contributed by atoms with Crippen LogP contribution in [-0.2, 0) is 4.74 Å². The van der Waals surface area contributed by atoms with Gasteiger partial charge in [0, 0.05) is 6.20 Å². The average Bonchev–Trinajstić information content (AvgIpc) is 2.46. The molecular formula is C15H13NO2. The number of hydrogen-bond acceptors (Lipinski definition) is 3. The molecule has 0 bridgehead atoms. The Morgan fingerprint density at radius 3 is 2.50 bits per heavy atom. The summed E-state index contributed by atoms with van der Waals surface area (Å²) < 4.78 is 4.64. The summed E-state index contributed by atoms with van der Waals surface area (Å²) in [4.78, 5) is 15.4. The predicted molar refractivity (Wildman–Crippen MR) is 70.9 cm³/mol. The van der Waals surface area contributed by atoms with Crippen LogP contribution in [0.5, 0.6) is 0 Å². The van der Waals surface area contributed by atoms with E-state index < -0.39 is 0 Å². The maximum absolute atomic E-state index is 11.3. The van der Waals surface area contributed by atoms with Crippen LogP contribution in [0.1, 0.15) is 21.6 Å². The minimum absolute atomic E-state index is 0.324. The fourth-order valence-corrected chi connectivity index (χ4v) is 1.50. The lowest BCUT2D eigenvalue weighted by molar-refractivity contribution is 0.0601. The molecule has 0 aliphatic carbocycles. The van der Waals surface area contributed by atoms with Gasteiger partial charge in [-0.15, -0.1) is 0 Å². The lowest BCUT2D eigenvalue weighted by atomic mass is 10.1. The number of hydrogen-bond donors (Lipinski definition) is 0. The van der Waals surface area contributed by atoms with E-state index in [1.165, 1.54) is 7.11 Å². The molecule has 3 heteroatoms. The number of rotatable bonds is 3. The van der Waals surface area contributed by atoms with Crippen molar-refractivity contribution in [3.63, 3.8) is 0 Å². The minimum Gasteiger partial charge on any atom is -0.465 e. The molecule has 18 heavy (non-hydrogen) atoms. The predicted octanol–water partition coefficient (Wildman–Crippen LogP) is 3.04. The molecule has 0 unspecified atom stereocenters. The average molecular weight is 239 g/mol. The molecule has 0 spiro atoms. The SMILES string of the molecule is COC(=O)c1ccc(/C=C/c2ccccn2)cc1. The Kier molecular flexibility index (Phi) is 3.86. The van der Waals surface area contributed by atoms with E-state index in [1.807, 2.05) is 42.5 Å². The summed E-state index contributed by atoms with van der Waals surface area (Å²) in [5, 5.41) is 0. The van der Waals surface area contributed by atoms with Crippen molar-refractivity contribution in [1.29, 1.82) is 0 Å². The van der Waals surface area contributed by atoms with Crippen LogP contribution in [0.4, 0.5) is 0 Å². The van der Waals surface area contributed by atoms with Gasteiger partial charge in [0.25, 0.3) is 0 Å². The Morgan fingerprint density at radius 2 is 1.89 bits per heavy atom. The number of aromatic nitrogens is 1. The third-order valence-corrected chi connectivity index (χ3v) is 2.47. The zero-order chi connectivity index (χ0) is 12.8. The lowest BCUT2D eigenvalue weighted by Gasteiger charge is -1.99. The van der Waals surface area contributed by atoms with Crippen molar-refractivity contribution in [3.8, 4) is 0 Å². The van der Waals surface area contributed by atoms with Crippen LogP contribution in [0, 0.1) is 0 Å². The van der Waals surface area contributed by atoms with Crippen LogP contribution in [0.3, 0.4) is 0 Å². The highest BCUT2D eigenvalue weighted by Crippen LogP contribution is 2.09. The molecule has 0 atom stereocenters. The molecule has 0 saturated heterocycles. The first-order chi connectivity index (χ1) is 8.79. The molecule has 0 aliphatic heterocycles. The molecule has 1 aromatic heterocycles. The number of methoxy groups -OCH3 is 1. The Balaban J connectivity index is 2.11. The summed E-state index contributed by atoms with van der Waals surface area (Å²) in [5.41, 5.74) is 2.45. The molecular weight excluding hydrogens is 226 g/mol. The summed E-state index contributed by atoms with van der Waals surface area (Å²) >= 11 is 0. The van der Waals surface area contributed by atoms with E-state index in [1.54, 1.807) is 18.3 Å². The van der Waals surface area contributed by atoms with Gasteiger partial charge in [0.15, 0.2) is 0 Å². The third-order valence-electron chi connectivity index (χ3n) is 2.47. The molecule has 1 heterocycles. The van der Waals surface area contributed by atoms with Gasteiger partial charge < -0.3 is 4.74 Å². The van der Waals surface area contributed by atoms with Gasteiger partial charge in [-0.1, -0.05) is 24.3 Å². The highest BCUT2D eigenvalue weighted by atomic mass is 16.5. The van der Waals surface area contributed by atoms with Crippen molar-refractivity contribution >= 4 is 18.1 Å². The number of pyridine rings is 1. The fourth-order valence-electron chi connectivity index (χ4n) is 1.50. The van der Waals surface area contributed by atoms with Gasteiger partial charge in [0.05, 0.1) is 18.4 Å². The van der Waals surface area contributed by atoms with Crippen molar-refractivity contribution in [1.82, 2.24) is 4.98 Å². The normalized spacial score (nSPS) is 10.5. The van der Waals surface area contributed by atoms with Crippen molar-refractivity contribution in [2.24, 2.45) is 0 Å². The standard InChI is InChI=1S/C15H13NO2/c1-18-15(17)13-8-5-12(6-9-13)7-10-14-4-2-3-11-16-14/h2-11H,1H3/b10-7+. The molecule has 90 valence electrons. The van der Waals surface area contributed by atoms with Gasteiger partial charge >= 0.3 is 5.97 Å². The number of nitrogens with zero attached hydrogens (tertiary/aromatic N) is 1. The highest BCUT2D eigenvalue weighted by Gasteiger charge is 2.02. The zero-order valence-electron chi connectivity index (χ0n) is 10.0. The Bertz CT molecular complexity index is 544. The molecule has 0 saturated carbocycles. The maximum atomic E-state index is 11.3. The van der Waals surface area contributed by atoms with Crippen molar-refractivity contribution in [2.45, 2.75) is 0 Å². The van der Waals surface area contributed by atoms with Gasteiger partial charge in [-0.2, -0.15) is 0 Å². The second-order valence-electron chi connectivity index (χ2n) is 3.70. The number of carbonyl (C=O) groups is 1. The van der Waals surface area contributed by atoms with Crippen molar-refractivity contribution in [3.05, 3.63) is 65.5 Å². The van der Waals surface area contributed by atoms with E-state index in [0.29, 0.717) is 5.56 Å². The smallest absolute Gasteiger partial charge is 0.337 e. The Morgan fingerprint density at radius 1 is 1.11 bits per heavy atom. The largest absolute Gasteiger partial charge is 0.465 e. The third kappa shape index (κ3) is 3.04. The van der Waals surface area contributed by atoms with Crippen LogP contribution in [0.2, 0.25) is 0 Å². The first kappa shape index (κ1) is 12.0. The summed E-state index contributed by atoms with van der Waals surface area (Å²) in [5.74, 6) is -0.324. The topological polar surface area (TPSA) is 39.2 Å². The van der Waals surface area contributed by atoms with Crippen LogP contribution in [0.25, 0.3) is 12.2 Å². The molecule has 3 nitrogen and oxygen atoms in total. The van der Waals surface area contributed by atoms with Gasteiger partial charge in [-0.25, -0.2) is 4.79 Å². The second-order valence-corrected chi connectivity index (χ2v) is 3.70. The first-order valence-electron chi connectivity index (χ1n) is 5.57. The van der Waals surface area contributed by atoms with E-state index in [-0.39, 0.29) is 5.97 Å². The number of esters is 1. The summed E-state index contributed by atoms with van der Waals surface area (Å²) in [6, 6.07) is 13.0. The Hall–Kier alpha value is -2.42. The molecule has 0 amide bonds. The zero-order valence-corrected chi connectivity index (χ0v) is 10.0. The van der Waals surface area contributed by atoms with Crippen LogP contribution < -0.4 is 0 Å². The molecule has 2 aromatic rings. The molecule has 2 rings (SSSR count). The Labute approximate surface area is 106 Å². The highest BCUT2D eigenvalue weighted by molar-refractivity contribution is 5.89. The fraction of sp³-hybridized carbons (Fsp3) is 0.0667. The van der Waals surface area contributed by atoms with E-state index in [0.717, 1.165) is 11.3 Å². The number of benzene rings is 1. The number of ether oxygens (including phenoxy) is 1. The molecule has 0 fully saturated rings. The lowest BCUT2D eigenvalue weighted by Crippen LogP contribution is -2.00. The summed E-state index contributed by atoms with van der Waals surface area (Å²) in [6.45, 7) is 0. The molecule has 1 aromatic carbocycles. The van der Waals surface area contributed by atoms with Gasteiger partial charge in [-0.05, 0) is 35.9 Å². The second kappa shape index (κ2) is 5.77. The summed E-state index contributed by atoms with van der Waals surface area (Å²) in [7, 11) is 1.37. The van der Waals surface area contributed by atoms with Crippen molar-refractivity contribution in [2.75, 3.05) is 7.11 Å². The van der Waals surface area contributed by atoms with Crippen LogP contribution >= 0.6 is 0 Å². The van der Waals surface area contributed by atoms with E-state index in [4.69, 9.17) is 0 Å². The van der Waals surface area contributed by atoms with E-state index in [2.05, 4.69) is 9.72 Å². The van der Waals surface area contributed by atoms with E-state index >= 15 is 0 Å². The molecule has 0 radical (unpaired) electrons. The van der Waals surface area contributed by atoms with Gasteiger partial charge in [-0.3, -0.25) is 4.98 Å². The van der Waals surface area contributed by atoms with Gasteiger partial charge in [0.1, 0.15) is 0 Å². The maximum Gasteiger partial charge on any atom is 0.337 e. The van der Waals surface area contributed by atoms with Gasteiger partial charge in [0.2, 0.25) is 0 Å². The number of carbonyl (C=O) groups excluding carboxylic acids is 1. The van der Waals surface area contributed by atoms with Crippen molar-refractivity contribution < 1.29 is 9.53 Å². The molecule has 0 aliphatic rings. The minimum atomic E-state index is -0.324. The van der Waals surface area contributed by atoms with Crippen LogP contribution in [-0.4, -0.2) is 18.1 Å². The first-order valence-corrected chi connectivity index (χ1v) is 5.57. The van der Waals surface area contributed by atoms with Crippen LogP contribution in [0.15, 0.2) is 48.7 Å².